The number of thioether (sulfide) groups is 2. The molecule has 0 unspecified atom stereocenters. The van der Waals surface area contributed by atoms with Crippen molar-refractivity contribution < 1.29 is 14.5 Å². The van der Waals surface area contributed by atoms with E-state index in [1.165, 1.54) is 78.2 Å². The fraction of sp³-hybridized carbons (Fsp3) is 0.350. The van der Waals surface area contributed by atoms with Gasteiger partial charge in [0, 0.05) is 65.3 Å². The monoisotopic (exact) mass is 709 g/mol. The summed E-state index contributed by atoms with van der Waals surface area (Å²) in [5.41, 5.74) is 6.52. The second-order valence-corrected chi connectivity index (χ2v) is 17.6. The highest BCUT2D eigenvalue weighted by Crippen LogP contribution is 2.48. The van der Waals surface area contributed by atoms with Crippen LogP contribution in [0.3, 0.4) is 0 Å². The van der Waals surface area contributed by atoms with Crippen molar-refractivity contribution in [3.05, 3.63) is 106 Å². The number of nitrogens with zero attached hydrogens (tertiary/aromatic N) is 3. The van der Waals surface area contributed by atoms with E-state index in [0.29, 0.717) is 6.54 Å². The average Bonchev–Trinajstić information content (AvgIpc) is 3.88. The smallest absolute Gasteiger partial charge is 0.404 e. The van der Waals surface area contributed by atoms with Gasteiger partial charge in [0.25, 0.3) is 5.01 Å². The summed E-state index contributed by atoms with van der Waals surface area (Å²) in [5.74, 6) is 0. The van der Waals surface area contributed by atoms with Gasteiger partial charge < -0.3 is 19.9 Å². The number of nitrogens with one attached hydrogen (secondary N) is 1. The minimum Gasteiger partial charge on any atom is -0.465 e. The van der Waals surface area contributed by atoms with Crippen LogP contribution in [0, 0.1) is 5.41 Å². The van der Waals surface area contributed by atoms with Crippen LogP contribution in [0.1, 0.15) is 63.8 Å². The summed E-state index contributed by atoms with van der Waals surface area (Å²) in [7, 11) is 2.17. The van der Waals surface area contributed by atoms with Crippen LogP contribution < -0.4 is 14.8 Å². The summed E-state index contributed by atoms with van der Waals surface area (Å²) < 4.78 is 5.80. The molecule has 0 saturated heterocycles. The molecular weight excluding hydrogens is 665 g/mol. The van der Waals surface area contributed by atoms with Crippen LogP contribution in [0.4, 0.5) is 10.5 Å². The minimum atomic E-state index is -0.967. The number of aryl methyl sites for hydroxylation is 1. The number of anilines is 1. The van der Waals surface area contributed by atoms with Crippen molar-refractivity contribution in [3.8, 4) is 5.69 Å². The van der Waals surface area contributed by atoms with Crippen molar-refractivity contribution in [3.63, 3.8) is 0 Å². The number of carboxylic acid groups (broad SMARTS) is 1. The topological polar surface area (TPSA) is 61.4 Å². The van der Waals surface area contributed by atoms with E-state index in [0.717, 1.165) is 31.1 Å². The van der Waals surface area contributed by atoms with Gasteiger partial charge in [0.2, 0.25) is 5.52 Å². The minimum absolute atomic E-state index is 0.166. The number of benzene rings is 2. The fourth-order valence-corrected chi connectivity index (χ4v) is 10.7. The van der Waals surface area contributed by atoms with E-state index in [9.17, 15) is 4.79 Å². The molecule has 0 spiro atoms. The lowest BCUT2D eigenvalue weighted by molar-refractivity contribution is -0.669. The SMILES string of the molecule is CN1C(=CC2=CC(=CC=Cc3sc4ccc(SC5CCCC5)cc4[n+]3CCCNC(=O)O)CC(C)(C)C2)Sc2ccc(-n3cccc3)cc21. The lowest BCUT2D eigenvalue weighted by atomic mass is 9.75. The van der Waals surface area contributed by atoms with Crippen LogP contribution in [-0.4, -0.2) is 34.6 Å². The number of thiazole rings is 1. The Morgan fingerprint density at radius 3 is 2.73 bits per heavy atom. The third kappa shape index (κ3) is 8.05. The van der Waals surface area contributed by atoms with Gasteiger partial charge in [0.15, 0.2) is 6.54 Å². The Labute approximate surface area is 302 Å². The summed E-state index contributed by atoms with van der Waals surface area (Å²) >= 11 is 5.67. The molecule has 1 amide bonds. The summed E-state index contributed by atoms with van der Waals surface area (Å²) in [4.78, 5) is 16.0. The summed E-state index contributed by atoms with van der Waals surface area (Å²) in [6.07, 6.45) is 22.8. The van der Waals surface area contributed by atoms with Gasteiger partial charge in [-0.1, -0.05) is 68.0 Å². The van der Waals surface area contributed by atoms with Gasteiger partial charge in [0.1, 0.15) is 4.70 Å². The molecule has 2 aromatic carbocycles. The molecule has 2 aliphatic carbocycles. The molecule has 0 bridgehead atoms. The van der Waals surface area contributed by atoms with Gasteiger partial charge in [-0.2, -0.15) is 4.57 Å². The zero-order chi connectivity index (χ0) is 34.0. The van der Waals surface area contributed by atoms with Crippen molar-refractivity contribution in [2.75, 3.05) is 18.5 Å². The first-order valence-electron chi connectivity index (χ1n) is 17.3. The maximum Gasteiger partial charge on any atom is 0.404 e. The standard InChI is InChI=1S/C40H44N4O2S3/c1-40(2)26-28(22-29(27-40)23-38-42(3)33-24-30(14-16-35(33)49-38)43-19-6-7-20-43)10-8-13-37-44(21-9-18-41-39(45)46)34-25-32(15-17-36(34)48-37)47-31-11-4-5-12-31/h6-8,10,13-17,19-20,22-25,31,41H,4-5,9,11-12,18,21,26-27H2,1-3H3/p+1. The third-order valence-corrected chi connectivity index (χ3v) is 13.1. The van der Waals surface area contributed by atoms with Crippen molar-refractivity contribution >= 4 is 62.9 Å². The van der Waals surface area contributed by atoms with Crippen LogP contribution in [0.5, 0.6) is 0 Å². The Morgan fingerprint density at radius 2 is 1.94 bits per heavy atom. The molecule has 6 nitrogen and oxygen atoms in total. The molecule has 0 atom stereocenters. The molecule has 9 heteroatoms. The fourth-order valence-electron chi connectivity index (χ4n) is 7.21. The highest BCUT2D eigenvalue weighted by molar-refractivity contribution is 8.03. The first kappa shape index (κ1) is 33.8. The number of hydrogen-bond donors (Lipinski definition) is 2. The second kappa shape index (κ2) is 14.7. The van der Waals surface area contributed by atoms with Crippen LogP contribution in [0.15, 0.2) is 111 Å². The normalized spacial score (nSPS) is 19.4. The predicted octanol–water partition coefficient (Wildman–Crippen LogP) is 10.4. The first-order chi connectivity index (χ1) is 23.7. The van der Waals surface area contributed by atoms with Crippen LogP contribution in [0.25, 0.3) is 22.0 Å². The number of rotatable bonds is 10. The summed E-state index contributed by atoms with van der Waals surface area (Å²) in [6, 6.07) is 17.7. The number of carbonyl (C=O) groups is 1. The highest BCUT2D eigenvalue weighted by Gasteiger charge is 2.28. The third-order valence-electron chi connectivity index (χ3n) is 9.49. The quantitative estimate of drug-likeness (QED) is 0.127. The highest BCUT2D eigenvalue weighted by atomic mass is 32.2. The molecule has 0 radical (unpaired) electrons. The number of allylic oxidation sites excluding steroid dienone is 6. The van der Waals surface area contributed by atoms with Crippen molar-refractivity contribution in [2.24, 2.45) is 5.41 Å². The lowest BCUT2D eigenvalue weighted by Crippen LogP contribution is -2.37. The Bertz CT molecular complexity index is 1960. The number of hydrogen-bond acceptors (Lipinski definition) is 5. The molecule has 2 aromatic heterocycles. The van der Waals surface area contributed by atoms with E-state index < -0.39 is 6.09 Å². The maximum absolute atomic E-state index is 11.1. The molecule has 1 fully saturated rings. The molecule has 2 N–H and O–H groups in total. The average molecular weight is 710 g/mol. The number of amides is 1. The molecule has 1 saturated carbocycles. The Kier molecular flexibility index (Phi) is 10.1. The van der Waals surface area contributed by atoms with Crippen LogP contribution in [-0.2, 0) is 6.54 Å². The van der Waals surface area contributed by atoms with Gasteiger partial charge in [0.05, 0.1) is 10.7 Å². The van der Waals surface area contributed by atoms with E-state index in [4.69, 9.17) is 5.11 Å². The van der Waals surface area contributed by atoms with E-state index >= 15 is 0 Å². The van der Waals surface area contributed by atoms with Crippen molar-refractivity contribution in [1.82, 2.24) is 9.88 Å². The number of fused-ring (bicyclic) bond motifs is 2. The zero-order valence-electron chi connectivity index (χ0n) is 28.5. The van der Waals surface area contributed by atoms with E-state index in [1.807, 2.05) is 34.9 Å². The van der Waals surface area contributed by atoms with Gasteiger partial charge >= 0.3 is 6.09 Å². The Balaban J connectivity index is 1.13. The molecule has 49 heavy (non-hydrogen) atoms. The molecule has 3 heterocycles. The van der Waals surface area contributed by atoms with Gasteiger partial charge in [-0.3, -0.25) is 0 Å². The Morgan fingerprint density at radius 1 is 1.12 bits per heavy atom. The molecule has 7 rings (SSSR count). The molecule has 254 valence electrons. The van der Waals surface area contributed by atoms with Gasteiger partial charge in [-0.25, -0.2) is 4.79 Å². The molecule has 1 aliphatic heterocycles. The first-order valence-corrected chi connectivity index (χ1v) is 19.8. The number of aromatic nitrogens is 2. The van der Waals surface area contributed by atoms with Crippen LogP contribution in [0.2, 0.25) is 0 Å². The maximum atomic E-state index is 11.1. The van der Waals surface area contributed by atoms with Crippen molar-refractivity contribution in [2.45, 2.75) is 80.4 Å². The molecular formula is C40H45N4O2S3+. The van der Waals surface area contributed by atoms with E-state index in [2.05, 4.69) is 132 Å². The van der Waals surface area contributed by atoms with Crippen LogP contribution >= 0.6 is 34.9 Å². The van der Waals surface area contributed by atoms with E-state index in [1.54, 1.807) is 0 Å². The van der Waals surface area contributed by atoms with Crippen molar-refractivity contribution in [1.29, 1.82) is 0 Å². The lowest BCUT2D eigenvalue weighted by Gasteiger charge is -2.30. The molecule has 3 aliphatic rings. The second-order valence-electron chi connectivity index (χ2n) is 14.1. The predicted molar refractivity (Wildman–Crippen MR) is 207 cm³/mol. The van der Waals surface area contributed by atoms with Gasteiger partial charge in [-0.15, -0.1) is 11.8 Å². The van der Waals surface area contributed by atoms with Gasteiger partial charge in [-0.05, 0) is 90.8 Å². The zero-order valence-corrected chi connectivity index (χ0v) is 31.0. The summed E-state index contributed by atoms with van der Waals surface area (Å²) in [6.45, 7) is 5.94. The Hall–Kier alpha value is -3.66. The summed E-state index contributed by atoms with van der Waals surface area (Å²) in [5, 5.41) is 14.8. The largest absolute Gasteiger partial charge is 0.465 e. The molecule has 4 aromatic rings. The van der Waals surface area contributed by atoms with E-state index in [-0.39, 0.29) is 5.41 Å².